The van der Waals surface area contributed by atoms with Gasteiger partial charge in [0, 0.05) is 5.41 Å². The zero-order valence-corrected chi connectivity index (χ0v) is 20.2. The van der Waals surface area contributed by atoms with Crippen LogP contribution in [0.2, 0.25) is 0 Å². The number of phenols is 1. The molecule has 2 rings (SSSR count). The molecule has 166 valence electrons. The van der Waals surface area contributed by atoms with E-state index < -0.39 is 0 Å². The van der Waals surface area contributed by atoms with E-state index in [1.54, 1.807) is 0 Å². The molecule has 0 heterocycles. The Morgan fingerprint density at radius 2 is 1.43 bits per heavy atom. The number of hydrogen-bond acceptors (Lipinski definition) is 2. The van der Waals surface area contributed by atoms with Crippen LogP contribution in [0.4, 0.5) is 0 Å². The van der Waals surface area contributed by atoms with Gasteiger partial charge in [-0.1, -0.05) is 71.4 Å². The second kappa shape index (κ2) is 10.0. The molecule has 0 aliphatic heterocycles. The Morgan fingerprint density at radius 3 is 1.93 bits per heavy atom. The topological polar surface area (TPSA) is 40.5 Å². The van der Waals surface area contributed by atoms with E-state index in [0.29, 0.717) is 5.75 Å². The van der Waals surface area contributed by atoms with E-state index in [2.05, 4.69) is 71.9 Å². The van der Waals surface area contributed by atoms with Gasteiger partial charge in [-0.15, -0.1) is 0 Å². The van der Waals surface area contributed by atoms with Crippen LogP contribution in [0.1, 0.15) is 94.5 Å². The summed E-state index contributed by atoms with van der Waals surface area (Å²) in [6.45, 7) is 15.2. The van der Waals surface area contributed by atoms with Crippen molar-refractivity contribution in [1.29, 1.82) is 0 Å². The van der Waals surface area contributed by atoms with Gasteiger partial charge in [-0.3, -0.25) is 0 Å². The van der Waals surface area contributed by atoms with E-state index in [4.69, 9.17) is 0 Å². The van der Waals surface area contributed by atoms with Gasteiger partial charge in [0.25, 0.3) is 0 Å². The summed E-state index contributed by atoms with van der Waals surface area (Å²) in [7, 11) is 0. The van der Waals surface area contributed by atoms with E-state index in [-0.39, 0.29) is 16.9 Å². The fraction of sp³-hybridized carbons (Fsp3) is 0.571. The van der Waals surface area contributed by atoms with Crippen molar-refractivity contribution in [3.05, 3.63) is 64.2 Å². The summed E-state index contributed by atoms with van der Waals surface area (Å²) in [4.78, 5) is 0. The highest BCUT2D eigenvalue weighted by Gasteiger charge is 2.31. The first kappa shape index (κ1) is 24.5. The van der Waals surface area contributed by atoms with Crippen molar-refractivity contribution in [3.8, 4) is 5.75 Å². The Hall–Kier alpha value is -1.80. The highest BCUT2D eigenvalue weighted by Crippen LogP contribution is 2.41. The minimum Gasteiger partial charge on any atom is -0.508 e. The molecule has 0 fully saturated rings. The molecule has 2 N–H and O–H groups in total. The molecule has 2 nitrogen and oxygen atoms in total. The van der Waals surface area contributed by atoms with Gasteiger partial charge < -0.3 is 10.2 Å². The van der Waals surface area contributed by atoms with Crippen molar-refractivity contribution in [1.82, 2.24) is 0 Å². The number of rotatable bonds is 10. The third-order valence-electron chi connectivity index (χ3n) is 7.34. The van der Waals surface area contributed by atoms with Gasteiger partial charge in [-0.05, 0) is 85.3 Å². The average molecular weight is 411 g/mol. The molecule has 0 amide bonds. The second-order valence-corrected chi connectivity index (χ2v) is 9.72. The molecule has 30 heavy (non-hydrogen) atoms. The summed E-state index contributed by atoms with van der Waals surface area (Å²) in [5.74, 6) is 0.357. The molecule has 0 saturated carbocycles. The zero-order chi connectivity index (χ0) is 22.5. The van der Waals surface area contributed by atoms with Crippen LogP contribution < -0.4 is 0 Å². The minimum atomic E-state index is -0.276. The second-order valence-electron chi connectivity index (χ2n) is 9.72. The first-order valence-electron chi connectivity index (χ1n) is 11.7. The normalized spacial score (nSPS) is 13.5. The molecule has 2 aromatic carbocycles. The van der Waals surface area contributed by atoms with Crippen molar-refractivity contribution in [2.45, 2.75) is 98.5 Å². The molecular formula is C28H42O2. The highest BCUT2D eigenvalue weighted by atomic mass is 16.3. The van der Waals surface area contributed by atoms with Crippen LogP contribution in [0, 0.1) is 19.3 Å². The van der Waals surface area contributed by atoms with Crippen LogP contribution in [-0.4, -0.2) is 16.3 Å². The predicted octanol–water partition coefficient (Wildman–Crippen LogP) is 7.23. The van der Waals surface area contributed by atoms with Gasteiger partial charge >= 0.3 is 0 Å². The van der Waals surface area contributed by atoms with Gasteiger partial charge in [0.1, 0.15) is 5.75 Å². The van der Waals surface area contributed by atoms with Gasteiger partial charge in [0.15, 0.2) is 0 Å². The Labute approximate surface area is 184 Å². The number of phenolic OH excluding ortho intramolecular Hbond substituents is 1. The predicted molar refractivity (Wildman–Crippen MR) is 128 cm³/mol. The van der Waals surface area contributed by atoms with E-state index in [0.717, 1.165) is 44.1 Å². The fourth-order valence-electron chi connectivity index (χ4n) is 4.95. The third-order valence-corrected chi connectivity index (χ3v) is 7.34. The standard InChI is InChI=1S/C28H42O2/c1-8-17-27(6,7)26(30)16-12-22-11-13-23(18-20(22)4)28(9-2,10-3)24-14-15-25(29)21(5)19-24/h11,13-15,18-19,26,29-30H,8-10,12,16-17H2,1-7H3. The van der Waals surface area contributed by atoms with Gasteiger partial charge in [0.05, 0.1) is 6.10 Å². The van der Waals surface area contributed by atoms with E-state index in [1.165, 1.54) is 22.3 Å². The molecule has 0 aromatic heterocycles. The molecule has 2 aromatic rings. The lowest BCUT2D eigenvalue weighted by Gasteiger charge is -2.34. The number of aromatic hydroxyl groups is 1. The average Bonchev–Trinajstić information content (AvgIpc) is 2.71. The smallest absolute Gasteiger partial charge is 0.118 e. The highest BCUT2D eigenvalue weighted by molar-refractivity contribution is 5.46. The summed E-state index contributed by atoms with van der Waals surface area (Å²) in [6, 6.07) is 12.9. The summed E-state index contributed by atoms with van der Waals surface area (Å²) in [5.41, 5.74) is 6.08. The molecule has 0 radical (unpaired) electrons. The molecule has 0 aliphatic rings. The molecular weight excluding hydrogens is 368 g/mol. The largest absolute Gasteiger partial charge is 0.508 e. The molecule has 0 aliphatic carbocycles. The molecule has 1 unspecified atom stereocenters. The van der Waals surface area contributed by atoms with Crippen molar-refractivity contribution >= 4 is 0 Å². The van der Waals surface area contributed by atoms with Crippen molar-refractivity contribution < 1.29 is 10.2 Å². The van der Waals surface area contributed by atoms with E-state index in [9.17, 15) is 10.2 Å². The third kappa shape index (κ3) is 5.09. The Balaban J connectivity index is 2.30. The lowest BCUT2D eigenvalue weighted by molar-refractivity contribution is 0.0369. The monoisotopic (exact) mass is 410 g/mol. The maximum Gasteiger partial charge on any atom is 0.118 e. The lowest BCUT2D eigenvalue weighted by Crippen LogP contribution is -2.29. The summed E-state index contributed by atoms with van der Waals surface area (Å²) >= 11 is 0. The molecule has 1 atom stereocenters. The van der Waals surface area contributed by atoms with Crippen LogP contribution in [-0.2, 0) is 11.8 Å². The SMILES string of the molecule is CCCC(C)(C)C(O)CCc1ccc(C(CC)(CC)c2ccc(O)c(C)c2)cc1C. The minimum absolute atomic E-state index is 0.0289. The van der Waals surface area contributed by atoms with Crippen LogP contribution in [0.25, 0.3) is 0 Å². The number of aliphatic hydroxyl groups excluding tert-OH is 1. The van der Waals surface area contributed by atoms with E-state index >= 15 is 0 Å². The van der Waals surface area contributed by atoms with Crippen molar-refractivity contribution in [2.24, 2.45) is 5.41 Å². The maximum atomic E-state index is 10.7. The molecule has 2 heteroatoms. The first-order chi connectivity index (χ1) is 14.1. The maximum absolute atomic E-state index is 10.7. The quantitative estimate of drug-likeness (QED) is 0.433. The Kier molecular flexibility index (Phi) is 8.16. The van der Waals surface area contributed by atoms with Crippen LogP contribution in [0.5, 0.6) is 5.75 Å². The Bertz CT molecular complexity index is 831. The summed E-state index contributed by atoms with van der Waals surface area (Å²) < 4.78 is 0. The summed E-state index contributed by atoms with van der Waals surface area (Å²) in [6.07, 6.45) is 5.61. The molecule has 0 bridgehead atoms. The van der Waals surface area contributed by atoms with Gasteiger partial charge in [0.2, 0.25) is 0 Å². The molecule has 0 saturated heterocycles. The summed E-state index contributed by atoms with van der Waals surface area (Å²) in [5, 5.41) is 20.7. The molecule has 0 spiro atoms. The van der Waals surface area contributed by atoms with Gasteiger partial charge in [-0.25, -0.2) is 0 Å². The van der Waals surface area contributed by atoms with Crippen molar-refractivity contribution in [3.63, 3.8) is 0 Å². The zero-order valence-electron chi connectivity index (χ0n) is 20.2. The lowest BCUT2D eigenvalue weighted by atomic mass is 9.69. The number of hydrogen-bond donors (Lipinski definition) is 2. The van der Waals surface area contributed by atoms with Crippen LogP contribution in [0.15, 0.2) is 36.4 Å². The number of benzene rings is 2. The number of aryl methyl sites for hydroxylation is 3. The number of aliphatic hydroxyl groups is 1. The van der Waals surface area contributed by atoms with Crippen LogP contribution >= 0.6 is 0 Å². The van der Waals surface area contributed by atoms with Crippen LogP contribution in [0.3, 0.4) is 0 Å². The first-order valence-corrected chi connectivity index (χ1v) is 11.7. The van der Waals surface area contributed by atoms with E-state index in [1.807, 2.05) is 13.0 Å². The van der Waals surface area contributed by atoms with Crippen molar-refractivity contribution in [2.75, 3.05) is 0 Å². The Morgan fingerprint density at radius 1 is 0.867 bits per heavy atom. The van der Waals surface area contributed by atoms with Gasteiger partial charge in [-0.2, -0.15) is 0 Å². The fourth-order valence-corrected chi connectivity index (χ4v) is 4.95.